The molecule has 1 aliphatic rings. The number of Topliss-reactive ketones (excluding diaryl/α,β-unsaturated/α-hetero) is 1. The molecule has 0 spiro atoms. The second kappa shape index (κ2) is 6.66. The number of carbonyl (C=O) groups is 2. The molecule has 1 atom stereocenters. The van der Waals surface area contributed by atoms with Crippen LogP contribution in [0.3, 0.4) is 0 Å². The van der Waals surface area contributed by atoms with Crippen LogP contribution in [0.2, 0.25) is 0 Å². The molecule has 0 heterocycles. The first-order valence-corrected chi connectivity index (χ1v) is 6.31. The van der Waals surface area contributed by atoms with Crippen LogP contribution in [0.25, 0.3) is 0 Å². The normalized spacial score (nSPS) is 19.1. The van der Waals surface area contributed by atoms with Crippen LogP contribution in [-0.2, 0) is 14.3 Å². The van der Waals surface area contributed by atoms with E-state index in [1.54, 1.807) is 0 Å². The van der Waals surface area contributed by atoms with Gasteiger partial charge in [0.05, 0.1) is 7.11 Å². The zero-order valence-electron chi connectivity index (χ0n) is 10.3. The highest BCUT2D eigenvalue weighted by Gasteiger charge is 2.35. The number of rotatable bonds is 5. The Morgan fingerprint density at radius 2 is 1.88 bits per heavy atom. The summed E-state index contributed by atoms with van der Waals surface area (Å²) < 4.78 is 4.77. The van der Waals surface area contributed by atoms with Crippen molar-refractivity contribution >= 4 is 11.8 Å². The highest BCUT2D eigenvalue weighted by molar-refractivity contribution is 5.99. The quantitative estimate of drug-likeness (QED) is 0.534. The van der Waals surface area contributed by atoms with Crippen molar-refractivity contribution in [2.45, 2.75) is 51.9 Å². The van der Waals surface area contributed by atoms with Gasteiger partial charge in [-0.15, -0.1) is 0 Å². The Morgan fingerprint density at radius 1 is 1.25 bits per heavy atom. The van der Waals surface area contributed by atoms with Crippen LogP contribution in [0.4, 0.5) is 0 Å². The van der Waals surface area contributed by atoms with Gasteiger partial charge in [0.1, 0.15) is 11.7 Å². The molecule has 1 unspecified atom stereocenters. The van der Waals surface area contributed by atoms with Gasteiger partial charge >= 0.3 is 5.97 Å². The topological polar surface area (TPSA) is 43.4 Å². The van der Waals surface area contributed by atoms with Crippen molar-refractivity contribution in [2.75, 3.05) is 7.11 Å². The van der Waals surface area contributed by atoms with Crippen molar-refractivity contribution in [1.82, 2.24) is 0 Å². The summed E-state index contributed by atoms with van der Waals surface area (Å²) in [5.41, 5.74) is 0. The number of ketones is 1. The molecule has 1 aliphatic carbocycles. The van der Waals surface area contributed by atoms with Crippen LogP contribution < -0.4 is 0 Å². The predicted molar refractivity (Wildman–Crippen MR) is 62.0 cm³/mol. The van der Waals surface area contributed by atoms with Crippen molar-refractivity contribution < 1.29 is 14.3 Å². The van der Waals surface area contributed by atoms with E-state index in [1.165, 1.54) is 13.5 Å². The Bertz CT molecular complexity index is 242. The smallest absolute Gasteiger partial charge is 0.316 e. The molecule has 0 bridgehead atoms. The molecular formula is C13H22O3. The molecule has 92 valence electrons. The Morgan fingerprint density at radius 3 is 2.38 bits per heavy atom. The van der Waals surface area contributed by atoms with E-state index in [1.807, 2.05) is 6.92 Å². The summed E-state index contributed by atoms with van der Waals surface area (Å²) in [7, 11) is 1.37. The molecule has 1 rings (SSSR count). The maximum absolute atomic E-state index is 11.9. The molecule has 0 amide bonds. The lowest BCUT2D eigenvalue weighted by atomic mass is 9.77. The average molecular weight is 226 g/mol. The number of ether oxygens (including phenoxy) is 1. The Balaban J connectivity index is 2.68. The minimum absolute atomic E-state index is 0.0706. The molecule has 0 aliphatic heterocycles. The van der Waals surface area contributed by atoms with Crippen molar-refractivity contribution in [2.24, 2.45) is 11.8 Å². The predicted octanol–water partition coefficient (Wildman–Crippen LogP) is 2.73. The Hall–Kier alpha value is -0.860. The van der Waals surface area contributed by atoms with Crippen LogP contribution in [0.5, 0.6) is 0 Å². The van der Waals surface area contributed by atoms with E-state index in [2.05, 4.69) is 0 Å². The van der Waals surface area contributed by atoms with E-state index in [9.17, 15) is 9.59 Å². The van der Waals surface area contributed by atoms with Gasteiger partial charge in [-0.3, -0.25) is 9.59 Å². The third kappa shape index (κ3) is 3.32. The molecule has 16 heavy (non-hydrogen) atoms. The number of methoxy groups -OCH3 is 1. The second-order valence-corrected chi connectivity index (χ2v) is 4.62. The Labute approximate surface area is 97.5 Å². The Kier molecular flexibility index (Phi) is 5.50. The summed E-state index contributed by atoms with van der Waals surface area (Å²) in [6, 6.07) is 0. The van der Waals surface area contributed by atoms with E-state index in [-0.39, 0.29) is 17.7 Å². The van der Waals surface area contributed by atoms with Crippen LogP contribution in [-0.4, -0.2) is 18.9 Å². The number of carbonyl (C=O) groups excluding carboxylic acids is 2. The molecule has 0 aromatic carbocycles. The highest BCUT2D eigenvalue weighted by Crippen LogP contribution is 2.32. The van der Waals surface area contributed by atoms with Gasteiger partial charge < -0.3 is 4.74 Å². The molecule has 0 aromatic heterocycles. The molecular weight excluding hydrogens is 204 g/mol. The molecule has 0 saturated heterocycles. The largest absolute Gasteiger partial charge is 0.468 e. The third-order valence-electron chi connectivity index (χ3n) is 3.42. The minimum atomic E-state index is -0.495. The summed E-state index contributed by atoms with van der Waals surface area (Å²) in [5.74, 6) is -0.530. The van der Waals surface area contributed by atoms with Crippen LogP contribution in [0.15, 0.2) is 0 Å². The maximum Gasteiger partial charge on any atom is 0.316 e. The molecule has 1 fully saturated rings. The first-order chi connectivity index (χ1) is 7.70. The summed E-state index contributed by atoms with van der Waals surface area (Å²) in [5, 5.41) is 0. The molecule has 1 saturated carbocycles. The summed E-state index contributed by atoms with van der Waals surface area (Å²) in [4.78, 5) is 23.6. The van der Waals surface area contributed by atoms with Gasteiger partial charge in [-0.05, 0) is 25.2 Å². The van der Waals surface area contributed by atoms with Crippen LogP contribution >= 0.6 is 0 Å². The zero-order chi connectivity index (χ0) is 12.0. The van der Waals surface area contributed by atoms with Gasteiger partial charge in [0.2, 0.25) is 0 Å². The molecule has 0 aromatic rings. The maximum atomic E-state index is 11.9. The van der Waals surface area contributed by atoms with Crippen molar-refractivity contribution in [3.8, 4) is 0 Å². The first kappa shape index (κ1) is 13.2. The average Bonchev–Trinajstić information content (AvgIpc) is 2.31. The summed E-state index contributed by atoms with van der Waals surface area (Å²) >= 11 is 0. The number of hydrogen-bond acceptors (Lipinski definition) is 3. The van der Waals surface area contributed by atoms with Crippen LogP contribution in [0.1, 0.15) is 51.9 Å². The lowest BCUT2D eigenvalue weighted by Gasteiger charge is -2.27. The molecule has 3 heteroatoms. The number of esters is 1. The first-order valence-electron chi connectivity index (χ1n) is 6.31. The lowest BCUT2D eigenvalue weighted by molar-refractivity contribution is -0.152. The fourth-order valence-corrected chi connectivity index (χ4v) is 2.58. The van der Waals surface area contributed by atoms with Gasteiger partial charge in [-0.25, -0.2) is 0 Å². The van der Waals surface area contributed by atoms with E-state index in [0.29, 0.717) is 6.42 Å². The van der Waals surface area contributed by atoms with Gasteiger partial charge in [-0.1, -0.05) is 26.2 Å². The van der Waals surface area contributed by atoms with Crippen molar-refractivity contribution in [1.29, 1.82) is 0 Å². The lowest BCUT2D eigenvalue weighted by Crippen LogP contribution is -2.33. The van der Waals surface area contributed by atoms with Gasteiger partial charge in [-0.2, -0.15) is 0 Å². The number of hydrogen-bond donors (Lipinski definition) is 0. The van der Waals surface area contributed by atoms with Gasteiger partial charge in [0.15, 0.2) is 0 Å². The van der Waals surface area contributed by atoms with Crippen LogP contribution in [0, 0.1) is 11.8 Å². The molecule has 3 nitrogen and oxygen atoms in total. The fourth-order valence-electron chi connectivity index (χ4n) is 2.58. The standard InChI is InChI=1S/C13H22O3/c1-3-7-11(14)12(13(15)16-2)10-8-5-4-6-9-10/h10,12H,3-9H2,1-2H3. The van der Waals surface area contributed by atoms with Gasteiger partial charge in [0, 0.05) is 6.42 Å². The van der Waals surface area contributed by atoms with Crippen molar-refractivity contribution in [3.05, 3.63) is 0 Å². The monoisotopic (exact) mass is 226 g/mol. The summed E-state index contributed by atoms with van der Waals surface area (Å²) in [6.07, 6.45) is 6.79. The second-order valence-electron chi connectivity index (χ2n) is 4.62. The molecule has 0 N–H and O–H groups in total. The molecule has 0 radical (unpaired) electrons. The van der Waals surface area contributed by atoms with Crippen molar-refractivity contribution in [3.63, 3.8) is 0 Å². The highest BCUT2D eigenvalue weighted by atomic mass is 16.5. The fraction of sp³-hybridized carbons (Fsp3) is 0.846. The third-order valence-corrected chi connectivity index (χ3v) is 3.42. The minimum Gasteiger partial charge on any atom is -0.468 e. The van der Waals surface area contributed by atoms with E-state index in [0.717, 1.165) is 32.1 Å². The SMILES string of the molecule is CCCC(=O)C(C(=O)OC)C1CCCCC1. The van der Waals surface area contributed by atoms with E-state index in [4.69, 9.17) is 4.74 Å². The van der Waals surface area contributed by atoms with E-state index < -0.39 is 5.92 Å². The van der Waals surface area contributed by atoms with E-state index >= 15 is 0 Å². The zero-order valence-corrected chi connectivity index (χ0v) is 10.3. The summed E-state index contributed by atoms with van der Waals surface area (Å²) in [6.45, 7) is 1.97. The van der Waals surface area contributed by atoms with Gasteiger partial charge in [0.25, 0.3) is 0 Å².